The van der Waals surface area contributed by atoms with Gasteiger partial charge in [0.1, 0.15) is 17.6 Å². The van der Waals surface area contributed by atoms with Crippen molar-refractivity contribution in [1.29, 1.82) is 0 Å². The number of carbonyl (C=O) groups is 1. The highest BCUT2D eigenvalue weighted by molar-refractivity contribution is 5.68. The maximum absolute atomic E-state index is 14.4. The standard InChI is InChI=1S/C23H24FN7O5/c1-23(2,3)36-22(33)27-16(13-32)12-31-29-19(28-30-31)14-4-6-17(7-5-14)35-21-18(24)10-15(11-26-21)20-25-8-9-34-20/h4-11,16,32H,12-13H2,1-3H3,(H,27,33)/t16-/m0/s1. The Bertz CT molecular complexity index is 1300. The van der Waals surface area contributed by atoms with Crippen LogP contribution in [0.25, 0.3) is 22.8 Å². The molecule has 0 aliphatic heterocycles. The zero-order valence-corrected chi connectivity index (χ0v) is 19.8. The third-order valence-electron chi connectivity index (χ3n) is 4.59. The van der Waals surface area contributed by atoms with E-state index < -0.39 is 23.6 Å². The van der Waals surface area contributed by atoms with Gasteiger partial charge in [0.2, 0.25) is 11.7 Å². The average Bonchev–Trinajstić information content (AvgIpc) is 3.52. The molecule has 2 N–H and O–H groups in total. The van der Waals surface area contributed by atoms with Crippen molar-refractivity contribution in [3.05, 3.63) is 54.8 Å². The zero-order chi connectivity index (χ0) is 25.7. The van der Waals surface area contributed by atoms with Gasteiger partial charge >= 0.3 is 6.09 Å². The molecule has 36 heavy (non-hydrogen) atoms. The quantitative estimate of drug-likeness (QED) is 0.371. The van der Waals surface area contributed by atoms with Gasteiger partial charge in [0.15, 0.2) is 5.82 Å². The predicted octanol–water partition coefficient (Wildman–Crippen LogP) is 3.21. The Morgan fingerprint density at radius 1 is 1.22 bits per heavy atom. The topological polar surface area (TPSA) is 150 Å². The summed E-state index contributed by atoms with van der Waals surface area (Å²) >= 11 is 0. The number of alkyl carbamates (subject to hydrolysis) is 1. The lowest BCUT2D eigenvalue weighted by molar-refractivity contribution is 0.0472. The van der Waals surface area contributed by atoms with Crippen LogP contribution in [0.3, 0.4) is 0 Å². The van der Waals surface area contributed by atoms with Crippen LogP contribution in [0.15, 0.2) is 53.4 Å². The highest BCUT2D eigenvalue weighted by Gasteiger charge is 2.20. The number of amides is 1. The molecule has 1 atom stereocenters. The first kappa shape index (κ1) is 24.7. The van der Waals surface area contributed by atoms with Crippen molar-refractivity contribution in [2.75, 3.05) is 6.61 Å². The lowest BCUT2D eigenvalue weighted by Gasteiger charge is -2.22. The van der Waals surface area contributed by atoms with E-state index in [1.54, 1.807) is 45.0 Å². The summed E-state index contributed by atoms with van der Waals surface area (Å²) in [4.78, 5) is 21.2. The van der Waals surface area contributed by atoms with Crippen LogP contribution < -0.4 is 10.1 Å². The van der Waals surface area contributed by atoms with Gasteiger partial charge in [0.25, 0.3) is 5.88 Å². The van der Waals surface area contributed by atoms with E-state index in [0.717, 1.165) is 0 Å². The van der Waals surface area contributed by atoms with Gasteiger partial charge in [0, 0.05) is 11.8 Å². The van der Waals surface area contributed by atoms with Gasteiger partial charge in [-0.15, -0.1) is 10.2 Å². The van der Waals surface area contributed by atoms with Crippen LogP contribution >= 0.6 is 0 Å². The molecule has 0 spiro atoms. The Morgan fingerprint density at radius 2 is 2.00 bits per heavy atom. The number of pyridine rings is 1. The summed E-state index contributed by atoms with van der Waals surface area (Å²) in [6.07, 6.45) is 3.59. The minimum absolute atomic E-state index is 0.0818. The van der Waals surface area contributed by atoms with Gasteiger partial charge in [-0.2, -0.15) is 4.80 Å². The molecule has 0 unspecified atom stereocenters. The number of oxazole rings is 1. The largest absolute Gasteiger partial charge is 0.444 e. The van der Waals surface area contributed by atoms with E-state index in [-0.39, 0.29) is 24.9 Å². The van der Waals surface area contributed by atoms with Gasteiger partial charge in [-0.05, 0) is 56.3 Å². The van der Waals surface area contributed by atoms with E-state index in [0.29, 0.717) is 22.7 Å². The summed E-state index contributed by atoms with van der Waals surface area (Å²) in [6.45, 7) is 4.96. The molecular formula is C23H24FN7O5. The average molecular weight is 497 g/mol. The lowest BCUT2D eigenvalue weighted by Crippen LogP contribution is -2.43. The highest BCUT2D eigenvalue weighted by atomic mass is 19.1. The van der Waals surface area contributed by atoms with Crippen molar-refractivity contribution in [3.63, 3.8) is 0 Å². The molecule has 4 rings (SSSR count). The molecule has 1 amide bonds. The smallest absolute Gasteiger partial charge is 0.408 e. The summed E-state index contributed by atoms with van der Waals surface area (Å²) in [5, 5.41) is 24.4. The predicted molar refractivity (Wildman–Crippen MR) is 123 cm³/mol. The Hall–Kier alpha value is -4.39. The first-order valence-electron chi connectivity index (χ1n) is 10.9. The Balaban J connectivity index is 1.38. The molecule has 0 fully saturated rings. The molecule has 3 heterocycles. The Labute approximate surface area is 205 Å². The molecule has 0 aliphatic carbocycles. The minimum atomic E-state index is -0.671. The van der Waals surface area contributed by atoms with Gasteiger partial charge in [-0.1, -0.05) is 0 Å². The second-order valence-electron chi connectivity index (χ2n) is 8.67. The monoisotopic (exact) mass is 497 g/mol. The third-order valence-corrected chi connectivity index (χ3v) is 4.59. The summed E-state index contributed by atoms with van der Waals surface area (Å²) < 4.78 is 30.3. The summed E-state index contributed by atoms with van der Waals surface area (Å²) in [6, 6.07) is 7.13. The van der Waals surface area contributed by atoms with Crippen molar-refractivity contribution < 1.29 is 28.2 Å². The number of aliphatic hydroxyl groups excluding tert-OH is 1. The second-order valence-corrected chi connectivity index (χ2v) is 8.67. The van der Waals surface area contributed by atoms with Crippen molar-refractivity contribution in [2.24, 2.45) is 0 Å². The number of ether oxygens (including phenoxy) is 2. The van der Waals surface area contributed by atoms with Gasteiger partial charge < -0.3 is 24.3 Å². The molecule has 12 nitrogen and oxygen atoms in total. The fourth-order valence-corrected chi connectivity index (χ4v) is 3.02. The molecule has 1 aromatic carbocycles. The number of tetrazole rings is 1. The van der Waals surface area contributed by atoms with Crippen LogP contribution in [0.4, 0.5) is 9.18 Å². The number of aliphatic hydroxyl groups is 1. The van der Waals surface area contributed by atoms with Crippen molar-refractivity contribution >= 4 is 6.09 Å². The number of aromatic nitrogens is 6. The number of carbonyl (C=O) groups excluding carboxylic acids is 1. The number of benzene rings is 1. The van der Waals surface area contributed by atoms with E-state index in [1.165, 1.54) is 29.5 Å². The molecule has 3 aromatic heterocycles. The van der Waals surface area contributed by atoms with Crippen molar-refractivity contribution in [3.8, 4) is 34.5 Å². The van der Waals surface area contributed by atoms with Crippen LogP contribution in [-0.4, -0.2) is 59.6 Å². The fourth-order valence-electron chi connectivity index (χ4n) is 3.02. The van der Waals surface area contributed by atoms with Crippen LogP contribution in [0.1, 0.15) is 20.8 Å². The Morgan fingerprint density at radius 3 is 2.64 bits per heavy atom. The lowest BCUT2D eigenvalue weighted by atomic mass is 10.2. The molecule has 0 saturated heterocycles. The molecule has 0 saturated carbocycles. The SMILES string of the molecule is CC(C)(C)OC(=O)N[C@H](CO)Cn1nnc(-c2ccc(Oc3ncc(-c4ncco4)cc3F)cc2)n1. The summed E-state index contributed by atoms with van der Waals surface area (Å²) in [5.41, 5.74) is 0.349. The summed E-state index contributed by atoms with van der Waals surface area (Å²) in [5.74, 6) is 0.0506. The number of hydrogen-bond acceptors (Lipinski definition) is 10. The van der Waals surface area contributed by atoms with Crippen LogP contribution in [0, 0.1) is 5.82 Å². The molecule has 0 radical (unpaired) electrons. The van der Waals surface area contributed by atoms with Crippen LogP contribution in [0.5, 0.6) is 11.6 Å². The molecular weight excluding hydrogens is 473 g/mol. The maximum atomic E-state index is 14.4. The van der Waals surface area contributed by atoms with E-state index in [9.17, 15) is 14.3 Å². The second kappa shape index (κ2) is 10.5. The first-order valence-corrected chi connectivity index (χ1v) is 10.9. The number of nitrogens with zero attached hydrogens (tertiary/aromatic N) is 6. The van der Waals surface area contributed by atoms with Gasteiger partial charge in [-0.3, -0.25) is 0 Å². The zero-order valence-electron chi connectivity index (χ0n) is 19.8. The minimum Gasteiger partial charge on any atom is -0.444 e. The molecule has 0 aliphatic rings. The normalized spacial score (nSPS) is 12.2. The molecule has 0 bridgehead atoms. The maximum Gasteiger partial charge on any atom is 0.408 e. The molecule has 188 valence electrons. The van der Waals surface area contributed by atoms with E-state index in [1.807, 2.05) is 0 Å². The van der Waals surface area contributed by atoms with E-state index >= 15 is 0 Å². The Kier molecular flexibility index (Phi) is 7.20. The van der Waals surface area contributed by atoms with Gasteiger partial charge in [-0.25, -0.2) is 19.2 Å². The summed E-state index contributed by atoms with van der Waals surface area (Å²) in [7, 11) is 0. The number of rotatable bonds is 8. The van der Waals surface area contributed by atoms with Crippen molar-refractivity contribution in [2.45, 2.75) is 39.0 Å². The van der Waals surface area contributed by atoms with E-state index in [4.69, 9.17) is 13.9 Å². The highest BCUT2D eigenvalue weighted by Crippen LogP contribution is 2.27. The number of hydrogen-bond donors (Lipinski definition) is 2. The van der Waals surface area contributed by atoms with Gasteiger partial charge in [0.05, 0.1) is 31.0 Å². The van der Waals surface area contributed by atoms with E-state index in [2.05, 4.69) is 30.7 Å². The van der Waals surface area contributed by atoms with Crippen LogP contribution in [-0.2, 0) is 11.3 Å². The number of nitrogens with one attached hydrogen (secondary N) is 1. The van der Waals surface area contributed by atoms with Crippen LogP contribution in [0.2, 0.25) is 0 Å². The fraction of sp³-hybridized carbons (Fsp3) is 0.304. The first-order chi connectivity index (χ1) is 17.2. The molecule has 13 heteroatoms. The molecule has 4 aromatic rings. The van der Waals surface area contributed by atoms with Crippen molar-refractivity contribution in [1.82, 2.24) is 35.5 Å². The third kappa shape index (κ3) is 6.39. The number of halogens is 1.